The van der Waals surface area contributed by atoms with Crippen LogP contribution < -0.4 is 9.30 Å². The lowest BCUT2D eigenvalue weighted by Crippen LogP contribution is -2.32. The standard InChI is InChI=1S/C67H62N4O/c1-45-21-18-32-60-63(45)70(64-55(47-22-12-10-13-23-47)29-20-30-56(64)48-38-50(65(2,3)4)40-51(39-48)66(5,6)7)44-69(60)52-26-19-27-53(41-52)72-54-33-34-58-57-28-16-17-31-59(57)71(61(58)42-54)62-37-46(35-36-68-62)43-67(8,9)49-24-14-11-15-25-49/h10-42H,43H2,1-9H3/i10D,12D,13D,22D,23D. The summed E-state index contributed by atoms with van der Waals surface area (Å²) in [5, 5.41) is 2.22. The summed E-state index contributed by atoms with van der Waals surface area (Å²) in [7, 11) is 0. The van der Waals surface area contributed by atoms with E-state index in [1.165, 1.54) is 11.1 Å². The van der Waals surface area contributed by atoms with E-state index in [-0.39, 0.29) is 33.9 Å². The van der Waals surface area contributed by atoms with Crippen LogP contribution in [0.15, 0.2) is 200 Å². The van der Waals surface area contributed by atoms with Gasteiger partial charge in [0.25, 0.3) is 6.33 Å². The highest BCUT2D eigenvalue weighted by Crippen LogP contribution is 2.40. The van der Waals surface area contributed by atoms with Crippen molar-refractivity contribution in [3.63, 3.8) is 0 Å². The van der Waals surface area contributed by atoms with Gasteiger partial charge in [0.1, 0.15) is 17.3 Å². The molecule has 0 spiro atoms. The van der Waals surface area contributed by atoms with Crippen molar-refractivity contribution in [1.29, 1.82) is 0 Å². The van der Waals surface area contributed by atoms with Crippen molar-refractivity contribution in [2.45, 2.75) is 85.0 Å². The Morgan fingerprint density at radius 3 is 1.97 bits per heavy atom. The van der Waals surface area contributed by atoms with E-state index in [1.807, 2.05) is 63.9 Å². The fraction of sp³-hybridized carbons (Fsp3) is 0.194. The Kier molecular flexibility index (Phi) is 10.2. The molecule has 5 nitrogen and oxygen atoms in total. The van der Waals surface area contributed by atoms with Gasteiger partial charge in [0.2, 0.25) is 0 Å². The highest BCUT2D eigenvalue weighted by Gasteiger charge is 2.26. The van der Waals surface area contributed by atoms with Gasteiger partial charge in [-0.15, -0.1) is 0 Å². The number of benzene rings is 8. The molecule has 0 unspecified atom stereocenters. The molecule has 0 N–H and O–H groups in total. The zero-order valence-electron chi connectivity index (χ0n) is 47.6. The van der Waals surface area contributed by atoms with Gasteiger partial charge < -0.3 is 4.74 Å². The molecule has 0 atom stereocenters. The van der Waals surface area contributed by atoms with Crippen LogP contribution in [0.3, 0.4) is 0 Å². The van der Waals surface area contributed by atoms with Crippen molar-refractivity contribution in [1.82, 2.24) is 14.1 Å². The number of fused-ring (bicyclic) bond motifs is 4. The minimum absolute atomic E-state index is 0.0866. The molecule has 72 heavy (non-hydrogen) atoms. The number of ether oxygens (including phenoxy) is 1. The quantitative estimate of drug-likeness (QED) is 0.101. The Hall–Kier alpha value is -8.02. The molecule has 0 bridgehead atoms. The third kappa shape index (κ3) is 8.68. The van der Waals surface area contributed by atoms with E-state index in [9.17, 15) is 2.74 Å². The van der Waals surface area contributed by atoms with Crippen LogP contribution in [-0.4, -0.2) is 14.1 Å². The zero-order chi connectivity index (χ0) is 54.3. The van der Waals surface area contributed by atoms with Gasteiger partial charge in [0, 0.05) is 23.0 Å². The van der Waals surface area contributed by atoms with Gasteiger partial charge in [-0.1, -0.05) is 195 Å². The van der Waals surface area contributed by atoms with Crippen molar-refractivity contribution in [2.75, 3.05) is 0 Å². The van der Waals surface area contributed by atoms with E-state index in [0.29, 0.717) is 22.7 Å². The Morgan fingerprint density at radius 1 is 0.569 bits per heavy atom. The highest BCUT2D eigenvalue weighted by molar-refractivity contribution is 6.09. The number of hydrogen-bond donors (Lipinski definition) is 0. The molecule has 0 radical (unpaired) electrons. The van der Waals surface area contributed by atoms with Crippen LogP contribution in [0.25, 0.3) is 72.3 Å². The molecule has 0 aliphatic carbocycles. The minimum atomic E-state index is -0.439. The van der Waals surface area contributed by atoms with Gasteiger partial charge in [-0.25, -0.2) is 4.98 Å². The van der Waals surface area contributed by atoms with Gasteiger partial charge in [-0.05, 0) is 128 Å². The van der Waals surface area contributed by atoms with E-state index in [0.717, 1.165) is 78.6 Å². The molecule has 11 aromatic rings. The molecule has 0 amide bonds. The summed E-state index contributed by atoms with van der Waals surface area (Å²) in [6.07, 6.45) is 6.51. The molecule has 0 saturated carbocycles. The summed E-state index contributed by atoms with van der Waals surface area (Å²) >= 11 is 0. The average Bonchev–Trinajstić information content (AvgIpc) is 3.96. The monoisotopic (exact) mass is 944 g/mol. The summed E-state index contributed by atoms with van der Waals surface area (Å²) in [4.78, 5) is 4.96. The molecule has 0 fully saturated rings. The average molecular weight is 944 g/mol. The van der Waals surface area contributed by atoms with E-state index in [4.69, 9.17) is 13.8 Å². The molecule has 3 aromatic heterocycles. The van der Waals surface area contributed by atoms with Crippen molar-refractivity contribution in [2.24, 2.45) is 0 Å². The van der Waals surface area contributed by atoms with Crippen LogP contribution >= 0.6 is 0 Å². The minimum Gasteiger partial charge on any atom is -0.458 e. The number of rotatable bonds is 10. The summed E-state index contributed by atoms with van der Waals surface area (Å²) in [5.41, 5.74) is 12.9. The molecule has 3 heterocycles. The maximum absolute atomic E-state index is 9.28. The molecule has 356 valence electrons. The van der Waals surface area contributed by atoms with Crippen molar-refractivity contribution < 1.29 is 16.2 Å². The number of nitrogens with zero attached hydrogens (tertiary/aromatic N) is 4. The summed E-state index contributed by atoms with van der Waals surface area (Å²) in [5.74, 6) is 2.12. The summed E-state index contributed by atoms with van der Waals surface area (Å²) < 4.78 is 57.7. The predicted octanol–water partition coefficient (Wildman–Crippen LogP) is 16.7. The second kappa shape index (κ2) is 18.0. The fourth-order valence-corrected chi connectivity index (χ4v) is 10.2. The lowest BCUT2D eigenvalue weighted by atomic mass is 9.78. The van der Waals surface area contributed by atoms with Crippen LogP contribution in [0.1, 0.15) is 90.1 Å². The van der Waals surface area contributed by atoms with Gasteiger partial charge >= 0.3 is 0 Å². The van der Waals surface area contributed by atoms with Crippen LogP contribution in [0, 0.1) is 13.3 Å². The van der Waals surface area contributed by atoms with E-state index >= 15 is 0 Å². The maximum atomic E-state index is 9.28. The van der Waals surface area contributed by atoms with E-state index < -0.39 is 18.1 Å². The predicted molar refractivity (Wildman–Crippen MR) is 298 cm³/mol. The van der Waals surface area contributed by atoms with Crippen molar-refractivity contribution >= 4 is 32.8 Å². The normalized spacial score (nSPS) is 13.3. The number of pyridine rings is 1. The maximum Gasteiger partial charge on any atom is 0.269 e. The van der Waals surface area contributed by atoms with Crippen LogP contribution in [-0.2, 0) is 22.7 Å². The van der Waals surface area contributed by atoms with Gasteiger partial charge in [-0.2, -0.15) is 0 Å². The van der Waals surface area contributed by atoms with E-state index in [1.54, 1.807) is 0 Å². The number of aryl methyl sites for hydroxylation is 1. The first-order valence-corrected chi connectivity index (χ1v) is 24.8. The van der Waals surface area contributed by atoms with Crippen LogP contribution in [0.2, 0.25) is 0 Å². The van der Waals surface area contributed by atoms with Crippen LogP contribution in [0.4, 0.5) is 0 Å². The molecule has 5 heteroatoms. The SMILES string of the molecule is [2H]c1c([2H])c([2H])c(-c2cccc(-c3cc(C(C)(C)C)cc(C(C)(C)C)c3)c2-[n+]2[c-]n(-c3cccc(Oc4ccc5c6ccccc6n(-c6cc(CC(C)(C)c7ccccc7)ccn6)c5c4)c3)c3cccc(C)c32)c([2H])c1[2H]. The van der Waals surface area contributed by atoms with Crippen LogP contribution in [0.5, 0.6) is 11.5 Å². The molecular weight excluding hydrogens is 877 g/mol. The lowest BCUT2D eigenvalue weighted by molar-refractivity contribution is -0.571. The first-order chi connectivity index (χ1) is 36.7. The highest BCUT2D eigenvalue weighted by atomic mass is 16.5. The van der Waals surface area contributed by atoms with Crippen molar-refractivity contribution in [3.8, 4) is 50.9 Å². The van der Waals surface area contributed by atoms with E-state index in [2.05, 4.69) is 188 Å². The number of aromatic nitrogens is 4. The molecule has 8 aromatic carbocycles. The number of imidazole rings is 1. The molecule has 0 aliphatic heterocycles. The smallest absolute Gasteiger partial charge is 0.269 e. The Bertz CT molecular complexity index is 4060. The van der Waals surface area contributed by atoms with Gasteiger partial charge in [0.15, 0.2) is 0 Å². The van der Waals surface area contributed by atoms with Crippen molar-refractivity contribution in [3.05, 3.63) is 234 Å². The summed E-state index contributed by atoms with van der Waals surface area (Å²) in [6, 6.07) is 54.6. The third-order valence-electron chi connectivity index (χ3n) is 14.1. The fourth-order valence-electron chi connectivity index (χ4n) is 10.2. The largest absolute Gasteiger partial charge is 0.458 e. The lowest BCUT2D eigenvalue weighted by Gasteiger charge is -2.27. The second-order valence-corrected chi connectivity index (χ2v) is 21.8. The molecule has 11 rings (SSSR count). The molecule has 0 aliphatic rings. The Morgan fingerprint density at radius 2 is 1.22 bits per heavy atom. The number of hydrogen-bond acceptors (Lipinski definition) is 2. The Labute approximate surface area is 431 Å². The zero-order valence-corrected chi connectivity index (χ0v) is 42.6. The third-order valence-corrected chi connectivity index (χ3v) is 14.1. The number of para-hydroxylation sites is 3. The summed E-state index contributed by atoms with van der Waals surface area (Å²) in [6.45, 7) is 19.9. The topological polar surface area (TPSA) is 35.9 Å². The molecular formula is C67H62N4O. The molecule has 0 saturated heterocycles. The first kappa shape index (κ1) is 40.7. The Balaban J connectivity index is 1.05. The second-order valence-electron chi connectivity index (χ2n) is 21.8. The first-order valence-electron chi connectivity index (χ1n) is 27.3. The van der Waals surface area contributed by atoms with Gasteiger partial charge in [-0.3, -0.25) is 13.7 Å². The van der Waals surface area contributed by atoms with Gasteiger partial charge in [0.05, 0.1) is 40.3 Å².